The molecule has 0 saturated heterocycles. The normalized spacial score (nSPS) is 12.9. The van der Waals surface area contributed by atoms with Gasteiger partial charge in [-0.05, 0) is 37.2 Å². The lowest BCUT2D eigenvalue weighted by molar-refractivity contribution is 0.575. The molecule has 3 rings (SSSR count). The Morgan fingerprint density at radius 3 is 2.90 bits per heavy atom. The highest BCUT2D eigenvalue weighted by atomic mass is 32.1. The van der Waals surface area contributed by atoms with E-state index in [0.717, 1.165) is 23.5 Å². The van der Waals surface area contributed by atoms with Crippen LogP contribution >= 0.6 is 11.3 Å². The first-order valence-corrected chi connectivity index (χ1v) is 7.79. The minimum Gasteiger partial charge on any atom is -0.347 e. The number of benzene rings is 1. The average Bonchev–Trinajstić information content (AvgIpc) is 3.07. The number of fused-ring (bicyclic) bond motifs is 1. The van der Waals surface area contributed by atoms with E-state index in [1.54, 1.807) is 11.3 Å². The van der Waals surface area contributed by atoms with Crippen LogP contribution in [-0.2, 0) is 6.54 Å². The van der Waals surface area contributed by atoms with Gasteiger partial charge in [-0.2, -0.15) is 0 Å². The Hall–Kier alpha value is -1.65. The summed E-state index contributed by atoms with van der Waals surface area (Å²) in [6.45, 7) is 3.05. The first-order chi connectivity index (χ1) is 9.80. The van der Waals surface area contributed by atoms with Crippen LogP contribution in [0.5, 0.6) is 0 Å². The van der Waals surface area contributed by atoms with Gasteiger partial charge in [0.1, 0.15) is 5.01 Å². The number of nitrogens with zero attached hydrogens (tertiary/aromatic N) is 2. The van der Waals surface area contributed by atoms with E-state index in [0.29, 0.717) is 6.04 Å². The molecule has 0 spiro atoms. The maximum atomic E-state index is 4.68. The van der Waals surface area contributed by atoms with E-state index in [4.69, 9.17) is 0 Å². The van der Waals surface area contributed by atoms with Crippen molar-refractivity contribution >= 4 is 21.6 Å². The van der Waals surface area contributed by atoms with Gasteiger partial charge in [-0.25, -0.2) is 4.98 Å². The molecule has 3 nitrogen and oxygen atoms in total. The number of hydrogen-bond acceptors (Lipinski definition) is 3. The second-order valence-corrected chi connectivity index (χ2v) is 6.06. The summed E-state index contributed by atoms with van der Waals surface area (Å²) in [5.74, 6) is 0. The highest BCUT2D eigenvalue weighted by Gasteiger charge is 2.09. The van der Waals surface area contributed by atoms with Crippen molar-refractivity contribution in [2.45, 2.75) is 25.9 Å². The molecule has 2 aromatic heterocycles. The van der Waals surface area contributed by atoms with E-state index in [9.17, 15) is 0 Å². The molecule has 104 valence electrons. The highest BCUT2D eigenvalue weighted by Crippen LogP contribution is 2.23. The third-order valence-electron chi connectivity index (χ3n) is 3.59. The second kappa shape index (κ2) is 5.77. The van der Waals surface area contributed by atoms with Crippen LogP contribution < -0.4 is 5.32 Å². The number of aromatic nitrogens is 2. The van der Waals surface area contributed by atoms with Crippen molar-refractivity contribution in [1.29, 1.82) is 0 Å². The van der Waals surface area contributed by atoms with Crippen LogP contribution in [0.2, 0.25) is 0 Å². The first-order valence-electron chi connectivity index (χ1n) is 6.97. The van der Waals surface area contributed by atoms with Crippen molar-refractivity contribution in [2.24, 2.45) is 0 Å². The van der Waals surface area contributed by atoms with Crippen LogP contribution in [0.1, 0.15) is 30.0 Å². The number of para-hydroxylation sites is 1. The topological polar surface area (TPSA) is 29.9 Å². The molecule has 4 heteroatoms. The molecule has 0 radical (unpaired) electrons. The van der Waals surface area contributed by atoms with Gasteiger partial charge < -0.3 is 9.88 Å². The van der Waals surface area contributed by atoms with E-state index in [1.807, 2.05) is 13.1 Å². The highest BCUT2D eigenvalue weighted by molar-refractivity contribution is 7.18. The van der Waals surface area contributed by atoms with Crippen LogP contribution in [0, 0.1) is 0 Å². The zero-order valence-corrected chi connectivity index (χ0v) is 12.7. The fourth-order valence-electron chi connectivity index (χ4n) is 2.51. The summed E-state index contributed by atoms with van der Waals surface area (Å²) in [7, 11) is 2.01. The fraction of sp³-hybridized carbons (Fsp3) is 0.312. The third kappa shape index (κ3) is 2.62. The summed E-state index contributed by atoms with van der Waals surface area (Å²) in [6.07, 6.45) is 5.46. The Labute approximate surface area is 123 Å². The molecular weight excluding hydrogens is 266 g/mol. The molecule has 20 heavy (non-hydrogen) atoms. The van der Waals surface area contributed by atoms with E-state index in [1.165, 1.54) is 10.3 Å². The van der Waals surface area contributed by atoms with Crippen molar-refractivity contribution in [3.63, 3.8) is 0 Å². The zero-order chi connectivity index (χ0) is 13.9. The molecule has 0 aliphatic rings. The number of nitrogens with one attached hydrogen (secondary N) is 1. The van der Waals surface area contributed by atoms with Crippen molar-refractivity contribution < 1.29 is 0 Å². The minimum absolute atomic E-state index is 0.437. The van der Waals surface area contributed by atoms with E-state index in [2.05, 4.69) is 58.5 Å². The predicted octanol–water partition coefficient (Wildman–Crippen LogP) is 3.82. The van der Waals surface area contributed by atoms with Gasteiger partial charge in [0.05, 0.1) is 16.8 Å². The molecule has 1 N–H and O–H groups in total. The van der Waals surface area contributed by atoms with Crippen LogP contribution in [0.4, 0.5) is 0 Å². The van der Waals surface area contributed by atoms with E-state index < -0.39 is 0 Å². The maximum Gasteiger partial charge on any atom is 0.114 e. The third-order valence-corrected chi connectivity index (χ3v) is 4.61. The summed E-state index contributed by atoms with van der Waals surface area (Å²) in [5.41, 5.74) is 2.44. The lowest BCUT2D eigenvalue weighted by Crippen LogP contribution is -2.14. The molecule has 0 bridgehead atoms. The lowest BCUT2D eigenvalue weighted by atomic mass is 10.1. The van der Waals surface area contributed by atoms with E-state index in [-0.39, 0.29) is 0 Å². The van der Waals surface area contributed by atoms with Gasteiger partial charge >= 0.3 is 0 Å². The van der Waals surface area contributed by atoms with Crippen LogP contribution in [-0.4, -0.2) is 16.6 Å². The standard InChI is InChI=1S/C16H19N3S/c1-3-13(17-2)12-8-9-19(10-12)11-16-18-14-6-4-5-7-15(14)20-16/h4-10,13,17H,3,11H2,1-2H3. The summed E-state index contributed by atoms with van der Waals surface area (Å²) < 4.78 is 3.48. The van der Waals surface area contributed by atoms with Crippen molar-refractivity contribution in [3.05, 3.63) is 53.3 Å². The molecule has 3 aromatic rings. The SMILES string of the molecule is CCC(NC)c1ccn(Cc2nc3ccccc3s2)c1. The molecule has 0 fully saturated rings. The predicted molar refractivity (Wildman–Crippen MR) is 85.2 cm³/mol. The van der Waals surface area contributed by atoms with Crippen LogP contribution in [0.15, 0.2) is 42.7 Å². The Bertz CT molecular complexity index is 661. The maximum absolute atomic E-state index is 4.68. The van der Waals surface area contributed by atoms with Crippen LogP contribution in [0.3, 0.4) is 0 Å². The number of rotatable bonds is 5. The Morgan fingerprint density at radius 2 is 2.15 bits per heavy atom. The second-order valence-electron chi connectivity index (χ2n) is 4.94. The molecule has 1 unspecified atom stereocenters. The molecule has 0 aliphatic heterocycles. The van der Waals surface area contributed by atoms with Gasteiger partial charge in [0.25, 0.3) is 0 Å². The molecular formula is C16H19N3S. The van der Waals surface area contributed by atoms with Gasteiger partial charge in [-0.3, -0.25) is 0 Å². The van der Waals surface area contributed by atoms with Gasteiger partial charge in [0.15, 0.2) is 0 Å². The number of hydrogen-bond donors (Lipinski definition) is 1. The van der Waals surface area contributed by atoms with Gasteiger partial charge in [0.2, 0.25) is 0 Å². The molecule has 2 heterocycles. The molecule has 0 saturated carbocycles. The quantitative estimate of drug-likeness (QED) is 0.772. The van der Waals surface area contributed by atoms with Gasteiger partial charge in [0, 0.05) is 18.4 Å². The molecule has 0 aliphatic carbocycles. The average molecular weight is 285 g/mol. The monoisotopic (exact) mass is 285 g/mol. The Balaban J connectivity index is 1.80. The smallest absolute Gasteiger partial charge is 0.114 e. The van der Waals surface area contributed by atoms with Crippen molar-refractivity contribution in [2.75, 3.05) is 7.05 Å². The van der Waals surface area contributed by atoms with Gasteiger partial charge in [-0.1, -0.05) is 19.1 Å². The number of thiazole rings is 1. The summed E-state index contributed by atoms with van der Waals surface area (Å²) >= 11 is 1.77. The van der Waals surface area contributed by atoms with Crippen molar-refractivity contribution in [1.82, 2.24) is 14.9 Å². The largest absolute Gasteiger partial charge is 0.347 e. The van der Waals surface area contributed by atoms with E-state index >= 15 is 0 Å². The Kier molecular flexibility index (Phi) is 3.85. The minimum atomic E-state index is 0.437. The molecule has 1 atom stereocenters. The molecule has 0 amide bonds. The summed E-state index contributed by atoms with van der Waals surface area (Å²) in [6, 6.07) is 10.9. The molecule has 1 aromatic carbocycles. The Morgan fingerprint density at radius 1 is 1.30 bits per heavy atom. The summed E-state index contributed by atoms with van der Waals surface area (Å²) in [4.78, 5) is 4.68. The van der Waals surface area contributed by atoms with Crippen molar-refractivity contribution in [3.8, 4) is 0 Å². The van der Waals surface area contributed by atoms with Gasteiger partial charge in [-0.15, -0.1) is 11.3 Å². The van der Waals surface area contributed by atoms with Crippen LogP contribution in [0.25, 0.3) is 10.2 Å². The first kappa shape index (κ1) is 13.3. The lowest BCUT2D eigenvalue weighted by Gasteiger charge is -2.11. The summed E-state index contributed by atoms with van der Waals surface area (Å²) in [5, 5.41) is 4.50. The fourth-order valence-corrected chi connectivity index (χ4v) is 3.49. The zero-order valence-electron chi connectivity index (χ0n) is 11.8.